The van der Waals surface area contributed by atoms with E-state index < -0.39 is 6.04 Å². The predicted molar refractivity (Wildman–Crippen MR) is 73.7 cm³/mol. The Morgan fingerprint density at radius 3 is 2.53 bits per heavy atom. The van der Waals surface area contributed by atoms with Gasteiger partial charge in [0.15, 0.2) is 0 Å². The summed E-state index contributed by atoms with van der Waals surface area (Å²) in [5.41, 5.74) is 5.64. The third kappa shape index (κ3) is 10.1. The minimum atomic E-state index is -0.437. The maximum Gasteiger partial charge on any atom is 0.237 e. The Balaban J connectivity index is 3.33. The molecule has 1 atom stereocenters. The van der Waals surface area contributed by atoms with Gasteiger partial charge in [0.1, 0.15) is 0 Å². The maximum absolute atomic E-state index is 11.4. The Kier molecular flexibility index (Phi) is 9.83. The van der Waals surface area contributed by atoms with Crippen molar-refractivity contribution in [1.29, 1.82) is 0 Å². The molecule has 1 amide bonds. The van der Waals surface area contributed by atoms with Crippen LogP contribution in [-0.4, -0.2) is 18.5 Å². The van der Waals surface area contributed by atoms with Crippen LogP contribution in [0.3, 0.4) is 0 Å². The van der Waals surface area contributed by atoms with Gasteiger partial charge in [0.2, 0.25) is 5.91 Å². The smallest absolute Gasteiger partial charge is 0.237 e. The van der Waals surface area contributed by atoms with Crippen molar-refractivity contribution >= 4 is 5.91 Å². The molecular formula is C14H28N2O. The van der Waals surface area contributed by atoms with Crippen molar-refractivity contribution in [3.63, 3.8) is 0 Å². The second kappa shape index (κ2) is 10.3. The Bertz CT molecular complexity index is 214. The normalized spacial score (nSPS) is 12.5. The summed E-state index contributed by atoms with van der Waals surface area (Å²) in [6.45, 7) is 8.81. The van der Waals surface area contributed by atoms with E-state index in [1.165, 1.54) is 25.7 Å². The lowest BCUT2D eigenvalue weighted by Crippen LogP contribution is -2.40. The zero-order valence-corrected chi connectivity index (χ0v) is 11.4. The van der Waals surface area contributed by atoms with Crippen molar-refractivity contribution < 1.29 is 4.79 Å². The second-order valence-corrected chi connectivity index (χ2v) is 5.02. The largest absolute Gasteiger partial charge is 0.355 e. The van der Waals surface area contributed by atoms with Crippen LogP contribution < -0.4 is 11.1 Å². The molecule has 3 nitrogen and oxygen atoms in total. The summed E-state index contributed by atoms with van der Waals surface area (Å²) in [7, 11) is 0. The fourth-order valence-electron chi connectivity index (χ4n) is 1.66. The number of carbonyl (C=O) groups excluding carboxylic acids is 1. The zero-order valence-electron chi connectivity index (χ0n) is 11.4. The number of hydrogen-bond donors (Lipinski definition) is 2. The summed E-state index contributed by atoms with van der Waals surface area (Å²) in [6.07, 6.45) is 8.30. The number of hydrogen-bond acceptors (Lipinski definition) is 2. The first-order valence-electron chi connectivity index (χ1n) is 6.72. The molecule has 3 heteroatoms. The van der Waals surface area contributed by atoms with Crippen LogP contribution in [0.2, 0.25) is 0 Å². The van der Waals surface area contributed by atoms with E-state index in [0.29, 0.717) is 6.42 Å². The molecule has 1 unspecified atom stereocenters. The van der Waals surface area contributed by atoms with Gasteiger partial charge in [-0.1, -0.05) is 45.6 Å². The molecule has 0 aliphatic carbocycles. The highest BCUT2D eigenvalue weighted by Gasteiger charge is 2.09. The van der Waals surface area contributed by atoms with Crippen molar-refractivity contribution in [3.05, 3.63) is 12.7 Å². The van der Waals surface area contributed by atoms with Crippen molar-refractivity contribution in [2.75, 3.05) is 6.54 Å². The lowest BCUT2D eigenvalue weighted by molar-refractivity contribution is -0.122. The fraction of sp³-hybridized carbons (Fsp3) is 0.786. The quantitative estimate of drug-likeness (QED) is 0.455. The standard InChI is InChI=1S/C14H28N2O/c1-4-9-13(15)14(17)16-11-8-6-5-7-10-12(2)3/h4,12-13H,1,5-11,15H2,2-3H3,(H,16,17). The number of carbonyl (C=O) groups is 1. The molecule has 0 bridgehead atoms. The predicted octanol–water partition coefficient (Wildman–Crippen LogP) is 2.61. The van der Waals surface area contributed by atoms with Crippen LogP contribution in [0.4, 0.5) is 0 Å². The first-order chi connectivity index (χ1) is 8.07. The molecule has 0 aromatic carbocycles. The van der Waals surface area contributed by atoms with Gasteiger partial charge in [-0.15, -0.1) is 6.58 Å². The van der Waals surface area contributed by atoms with Crippen LogP contribution in [0, 0.1) is 5.92 Å². The van der Waals surface area contributed by atoms with Crippen molar-refractivity contribution in [1.82, 2.24) is 5.32 Å². The van der Waals surface area contributed by atoms with Crippen LogP contribution in [0.5, 0.6) is 0 Å². The first-order valence-corrected chi connectivity index (χ1v) is 6.72. The molecule has 0 aromatic heterocycles. The highest BCUT2D eigenvalue weighted by molar-refractivity contribution is 5.81. The summed E-state index contributed by atoms with van der Waals surface area (Å²) in [5.74, 6) is 0.735. The van der Waals surface area contributed by atoms with E-state index >= 15 is 0 Å². The number of nitrogens with one attached hydrogen (secondary N) is 1. The molecule has 0 aliphatic rings. The highest BCUT2D eigenvalue weighted by atomic mass is 16.2. The number of nitrogens with two attached hydrogens (primary N) is 1. The van der Waals surface area contributed by atoms with E-state index in [9.17, 15) is 4.79 Å². The molecule has 0 saturated heterocycles. The van der Waals surface area contributed by atoms with Gasteiger partial charge < -0.3 is 11.1 Å². The van der Waals surface area contributed by atoms with E-state index in [1.54, 1.807) is 6.08 Å². The Morgan fingerprint density at radius 1 is 1.29 bits per heavy atom. The Hall–Kier alpha value is -0.830. The SMILES string of the molecule is C=CCC(N)C(=O)NCCCCCCC(C)C. The van der Waals surface area contributed by atoms with Gasteiger partial charge >= 0.3 is 0 Å². The van der Waals surface area contributed by atoms with Crippen molar-refractivity contribution in [3.8, 4) is 0 Å². The number of unbranched alkanes of at least 4 members (excludes halogenated alkanes) is 3. The average molecular weight is 240 g/mol. The molecular weight excluding hydrogens is 212 g/mol. The van der Waals surface area contributed by atoms with E-state index in [-0.39, 0.29) is 5.91 Å². The minimum Gasteiger partial charge on any atom is -0.355 e. The summed E-state index contributed by atoms with van der Waals surface area (Å²) < 4.78 is 0. The molecule has 0 saturated carbocycles. The monoisotopic (exact) mass is 240 g/mol. The summed E-state index contributed by atoms with van der Waals surface area (Å²) in [5, 5.41) is 2.86. The topological polar surface area (TPSA) is 55.1 Å². The molecule has 0 radical (unpaired) electrons. The third-order valence-corrected chi connectivity index (χ3v) is 2.76. The van der Waals surface area contributed by atoms with E-state index in [0.717, 1.165) is 18.9 Å². The maximum atomic E-state index is 11.4. The Labute approximate surface area is 106 Å². The summed E-state index contributed by atoms with van der Waals surface area (Å²) >= 11 is 0. The van der Waals surface area contributed by atoms with Crippen molar-refractivity contribution in [2.45, 2.75) is 58.4 Å². The van der Waals surface area contributed by atoms with Crippen LogP contribution in [-0.2, 0) is 4.79 Å². The lowest BCUT2D eigenvalue weighted by atomic mass is 10.0. The number of rotatable bonds is 10. The highest BCUT2D eigenvalue weighted by Crippen LogP contribution is 2.08. The van der Waals surface area contributed by atoms with Gasteiger partial charge in [0.05, 0.1) is 6.04 Å². The van der Waals surface area contributed by atoms with Gasteiger partial charge in [-0.25, -0.2) is 0 Å². The molecule has 3 N–H and O–H groups in total. The summed E-state index contributed by atoms with van der Waals surface area (Å²) in [6, 6.07) is -0.437. The van der Waals surface area contributed by atoms with E-state index in [4.69, 9.17) is 5.73 Å². The van der Waals surface area contributed by atoms with Gasteiger partial charge in [0.25, 0.3) is 0 Å². The lowest BCUT2D eigenvalue weighted by Gasteiger charge is -2.10. The van der Waals surface area contributed by atoms with Crippen LogP contribution in [0.25, 0.3) is 0 Å². The van der Waals surface area contributed by atoms with Crippen molar-refractivity contribution in [2.24, 2.45) is 11.7 Å². The van der Waals surface area contributed by atoms with E-state index in [2.05, 4.69) is 25.7 Å². The van der Waals surface area contributed by atoms with Gasteiger partial charge in [-0.3, -0.25) is 4.79 Å². The van der Waals surface area contributed by atoms with Gasteiger partial charge in [0, 0.05) is 6.54 Å². The molecule has 100 valence electrons. The average Bonchev–Trinajstić information content (AvgIpc) is 2.27. The zero-order chi connectivity index (χ0) is 13.1. The molecule has 0 fully saturated rings. The Morgan fingerprint density at radius 2 is 1.94 bits per heavy atom. The van der Waals surface area contributed by atoms with Crippen LogP contribution >= 0.6 is 0 Å². The fourth-order valence-corrected chi connectivity index (χ4v) is 1.66. The van der Waals surface area contributed by atoms with Gasteiger partial charge in [-0.2, -0.15) is 0 Å². The first kappa shape index (κ1) is 16.2. The summed E-state index contributed by atoms with van der Waals surface area (Å²) in [4.78, 5) is 11.4. The molecule has 0 heterocycles. The minimum absolute atomic E-state index is 0.0629. The number of amides is 1. The van der Waals surface area contributed by atoms with Crippen LogP contribution in [0.1, 0.15) is 52.4 Å². The molecule has 0 rings (SSSR count). The second-order valence-electron chi connectivity index (χ2n) is 5.02. The molecule has 17 heavy (non-hydrogen) atoms. The molecule has 0 aliphatic heterocycles. The third-order valence-electron chi connectivity index (χ3n) is 2.76. The van der Waals surface area contributed by atoms with E-state index in [1.807, 2.05) is 0 Å². The van der Waals surface area contributed by atoms with Gasteiger partial charge in [-0.05, 0) is 18.8 Å². The molecule has 0 aromatic rings. The van der Waals surface area contributed by atoms with Crippen LogP contribution in [0.15, 0.2) is 12.7 Å². The molecule has 0 spiro atoms.